The predicted octanol–water partition coefficient (Wildman–Crippen LogP) is 1.68. The molecule has 0 aliphatic rings. The molecule has 0 spiro atoms. The third kappa shape index (κ3) is 5.88. The molecule has 0 amide bonds. The summed E-state index contributed by atoms with van der Waals surface area (Å²) in [6.45, 7) is 5.66. The van der Waals surface area contributed by atoms with Crippen LogP contribution in [0, 0.1) is 0 Å². The molecule has 0 saturated carbocycles. The molecule has 1 N–H and O–H groups in total. The first-order valence-corrected chi connectivity index (χ1v) is 9.35. The van der Waals surface area contributed by atoms with Crippen LogP contribution in [-0.4, -0.2) is 45.5 Å². The zero-order valence-electron chi connectivity index (χ0n) is 12.0. The third-order valence-corrected chi connectivity index (χ3v) is 4.68. The van der Waals surface area contributed by atoms with Gasteiger partial charge in [0, 0.05) is 31.3 Å². The number of aromatic nitrogens is 1. The van der Waals surface area contributed by atoms with Crippen LogP contribution in [0.1, 0.15) is 32.0 Å². The Bertz CT molecular complexity index is 485. The maximum atomic E-state index is 11.1. The van der Waals surface area contributed by atoms with Gasteiger partial charge < -0.3 is 10.2 Å². The molecule has 1 atom stereocenters. The summed E-state index contributed by atoms with van der Waals surface area (Å²) in [6.07, 6.45) is 2.35. The van der Waals surface area contributed by atoms with Gasteiger partial charge >= 0.3 is 0 Å². The fourth-order valence-corrected chi connectivity index (χ4v) is 3.03. The van der Waals surface area contributed by atoms with Crippen molar-refractivity contribution in [1.82, 2.24) is 10.3 Å². The first-order chi connectivity index (χ1) is 8.83. The van der Waals surface area contributed by atoms with Gasteiger partial charge in [-0.05, 0) is 19.9 Å². The van der Waals surface area contributed by atoms with Crippen LogP contribution < -0.4 is 10.2 Å². The van der Waals surface area contributed by atoms with Gasteiger partial charge in [0.15, 0.2) is 5.13 Å². The topological polar surface area (TPSA) is 62.3 Å². The van der Waals surface area contributed by atoms with E-state index in [1.165, 1.54) is 6.26 Å². The molecule has 0 radical (unpaired) electrons. The molecule has 19 heavy (non-hydrogen) atoms. The second-order valence-corrected chi connectivity index (χ2v) is 7.88. The molecule has 0 aliphatic carbocycles. The van der Waals surface area contributed by atoms with E-state index >= 15 is 0 Å². The highest BCUT2D eigenvalue weighted by Crippen LogP contribution is 2.23. The summed E-state index contributed by atoms with van der Waals surface area (Å²) in [4.78, 5) is 6.44. The molecule has 0 fully saturated rings. The van der Waals surface area contributed by atoms with Gasteiger partial charge in [-0.25, -0.2) is 13.4 Å². The van der Waals surface area contributed by atoms with Crippen LogP contribution >= 0.6 is 11.3 Å². The molecular weight excluding hydrogens is 282 g/mol. The number of anilines is 1. The molecule has 1 aromatic heterocycles. The van der Waals surface area contributed by atoms with Gasteiger partial charge in [0.05, 0.1) is 11.4 Å². The van der Waals surface area contributed by atoms with E-state index in [1.807, 2.05) is 17.3 Å². The molecular formula is C12H23N3O2S2. The van der Waals surface area contributed by atoms with Crippen LogP contribution in [0.4, 0.5) is 5.13 Å². The van der Waals surface area contributed by atoms with Crippen molar-refractivity contribution in [3.05, 3.63) is 11.1 Å². The lowest BCUT2D eigenvalue weighted by molar-refractivity contribution is 0.561. The maximum absolute atomic E-state index is 11.1. The van der Waals surface area contributed by atoms with E-state index < -0.39 is 9.84 Å². The Balaban J connectivity index is 2.58. The van der Waals surface area contributed by atoms with Crippen LogP contribution in [0.15, 0.2) is 5.38 Å². The average molecular weight is 305 g/mol. The quantitative estimate of drug-likeness (QED) is 0.792. The zero-order chi connectivity index (χ0) is 14.5. The molecule has 0 aliphatic heterocycles. The van der Waals surface area contributed by atoms with Gasteiger partial charge in [-0.1, -0.05) is 6.92 Å². The Kier molecular flexibility index (Phi) is 6.22. The first-order valence-electron chi connectivity index (χ1n) is 6.41. The monoisotopic (exact) mass is 305 g/mol. The van der Waals surface area contributed by atoms with Crippen LogP contribution in [0.5, 0.6) is 0 Å². The number of hydrogen-bond donors (Lipinski definition) is 1. The Hall–Kier alpha value is -0.660. The summed E-state index contributed by atoms with van der Waals surface area (Å²) < 4.78 is 22.3. The third-order valence-electron chi connectivity index (χ3n) is 2.78. The van der Waals surface area contributed by atoms with Crippen molar-refractivity contribution in [2.24, 2.45) is 0 Å². The summed E-state index contributed by atoms with van der Waals surface area (Å²) in [7, 11) is -1.05. The normalized spacial score (nSPS) is 13.5. The lowest BCUT2D eigenvalue weighted by Gasteiger charge is -2.15. The van der Waals surface area contributed by atoms with Crippen molar-refractivity contribution < 1.29 is 8.42 Å². The van der Waals surface area contributed by atoms with Crippen molar-refractivity contribution in [2.75, 3.05) is 37.0 Å². The number of hydrogen-bond acceptors (Lipinski definition) is 6. The van der Waals surface area contributed by atoms with E-state index in [0.717, 1.165) is 23.8 Å². The van der Waals surface area contributed by atoms with Crippen molar-refractivity contribution in [3.8, 4) is 0 Å². The van der Waals surface area contributed by atoms with Gasteiger partial charge in [-0.3, -0.25) is 0 Å². The van der Waals surface area contributed by atoms with E-state index in [0.29, 0.717) is 6.54 Å². The Morgan fingerprint density at radius 2 is 2.21 bits per heavy atom. The van der Waals surface area contributed by atoms with Gasteiger partial charge in [0.1, 0.15) is 9.84 Å². The van der Waals surface area contributed by atoms with E-state index in [4.69, 9.17) is 0 Å². The smallest absolute Gasteiger partial charge is 0.185 e. The summed E-state index contributed by atoms with van der Waals surface area (Å²) >= 11 is 1.55. The highest BCUT2D eigenvalue weighted by atomic mass is 32.2. The number of nitrogens with zero attached hydrogens (tertiary/aromatic N) is 2. The molecule has 7 heteroatoms. The van der Waals surface area contributed by atoms with Crippen LogP contribution in [0.3, 0.4) is 0 Å². The Morgan fingerprint density at radius 1 is 1.53 bits per heavy atom. The number of sulfone groups is 1. The highest BCUT2D eigenvalue weighted by Gasteiger charge is 2.13. The molecule has 1 heterocycles. The molecule has 0 saturated heterocycles. The summed E-state index contributed by atoms with van der Waals surface area (Å²) in [6, 6.07) is 0.230. The van der Waals surface area contributed by atoms with Crippen molar-refractivity contribution in [2.45, 2.75) is 26.3 Å². The Morgan fingerprint density at radius 3 is 2.79 bits per heavy atom. The predicted molar refractivity (Wildman–Crippen MR) is 81.8 cm³/mol. The average Bonchev–Trinajstić information content (AvgIpc) is 2.81. The molecule has 110 valence electrons. The van der Waals surface area contributed by atoms with E-state index in [-0.39, 0.29) is 11.8 Å². The lowest BCUT2D eigenvalue weighted by atomic mass is 10.2. The molecule has 0 aromatic carbocycles. The van der Waals surface area contributed by atoms with E-state index in [1.54, 1.807) is 11.3 Å². The zero-order valence-corrected chi connectivity index (χ0v) is 13.6. The van der Waals surface area contributed by atoms with Crippen LogP contribution in [-0.2, 0) is 9.84 Å². The van der Waals surface area contributed by atoms with Gasteiger partial charge in [-0.15, -0.1) is 11.3 Å². The van der Waals surface area contributed by atoms with Crippen LogP contribution in [0.25, 0.3) is 0 Å². The minimum absolute atomic E-state index is 0.155. The van der Waals surface area contributed by atoms with Crippen molar-refractivity contribution in [1.29, 1.82) is 0 Å². The lowest BCUT2D eigenvalue weighted by Crippen LogP contribution is -2.25. The second-order valence-electron chi connectivity index (χ2n) is 4.78. The minimum atomic E-state index is -2.93. The van der Waals surface area contributed by atoms with Crippen LogP contribution in [0.2, 0.25) is 0 Å². The minimum Gasteiger partial charge on any atom is -0.350 e. The highest BCUT2D eigenvalue weighted by molar-refractivity contribution is 7.90. The largest absolute Gasteiger partial charge is 0.350 e. The van der Waals surface area contributed by atoms with Crippen molar-refractivity contribution in [3.63, 3.8) is 0 Å². The molecule has 1 aromatic rings. The van der Waals surface area contributed by atoms with Gasteiger partial charge in [-0.2, -0.15) is 0 Å². The number of thiazole rings is 1. The SMILES string of the molecule is CCCNC(C)c1csc(N(C)CCS(C)(=O)=O)n1. The maximum Gasteiger partial charge on any atom is 0.185 e. The van der Waals surface area contributed by atoms with E-state index in [9.17, 15) is 8.42 Å². The molecule has 5 nitrogen and oxygen atoms in total. The van der Waals surface area contributed by atoms with Gasteiger partial charge in [0.25, 0.3) is 0 Å². The number of rotatable bonds is 8. The Labute approximate surface area is 120 Å². The summed E-state index contributed by atoms with van der Waals surface area (Å²) in [5, 5.41) is 6.28. The number of nitrogens with one attached hydrogen (secondary N) is 1. The second kappa shape index (κ2) is 7.21. The molecule has 0 bridgehead atoms. The molecule has 1 unspecified atom stereocenters. The van der Waals surface area contributed by atoms with Gasteiger partial charge in [0.2, 0.25) is 0 Å². The summed E-state index contributed by atoms with van der Waals surface area (Å²) in [5.74, 6) is 0.155. The fourth-order valence-electron chi connectivity index (χ4n) is 1.51. The van der Waals surface area contributed by atoms with E-state index in [2.05, 4.69) is 24.1 Å². The standard InChI is InChI=1S/C12H23N3O2S2/c1-5-6-13-10(2)11-9-18-12(14-11)15(3)7-8-19(4,16)17/h9-10,13H,5-8H2,1-4H3. The summed E-state index contributed by atoms with van der Waals surface area (Å²) in [5.41, 5.74) is 1.01. The fraction of sp³-hybridized carbons (Fsp3) is 0.750. The molecule has 1 rings (SSSR count). The first kappa shape index (κ1) is 16.4. The van der Waals surface area contributed by atoms with Crippen molar-refractivity contribution >= 4 is 26.3 Å².